The van der Waals surface area contributed by atoms with Gasteiger partial charge in [0.05, 0.1) is 19.1 Å². The molecule has 0 aromatic heterocycles. The average Bonchev–Trinajstić information content (AvgIpc) is 2.61. The minimum Gasteiger partial charge on any atom is -0.497 e. The van der Waals surface area contributed by atoms with Crippen molar-refractivity contribution in [2.45, 2.75) is 55.7 Å². The molecule has 0 radical (unpaired) electrons. The van der Waals surface area contributed by atoms with Crippen LogP contribution in [0, 0.1) is 0 Å². The molecular weight excluding hydrogens is 370 g/mol. The molecule has 0 bridgehead atoms. The smallest absolute Gasteiger partial charge is 0.247 e. The standard InChI is InChI=1S/C19H29NO4S2/c1-16(25)20-13-9-7-5-3-4-6-8-10-14-24-18-15-17(23-2)11-12-19(18)26(20,21)22/h3-4,11-12,15-16,25H,5-10,13-14H2,1-2H3/b4-3-. The van der Waals surface area contributed by atoms with E-state index in [0.29, 0.717) is 24.7 Å². The Morgan fingerprint density at radius 1 is 1.15 bits per heavy atom. The van der Waals surface area contributed by atoms with Crippen LogP contribution < -0.4 is 9.47 Å². The third-order valence-electron chi connectivity index (χ3n) is 4.34. The molecule has 1 unspecified atom stereocenters. The molecule has 0 spiro atoms. The van der Waals surface area contributed by atoms with Gasteiger partial charge < -0.3 is 9.47 Å². The fraction of sp³-hybridized carbons (Fsp3) is 0.579. The van der Waals surface area contributed by atoms with E-state index in [1.165, 1.54) is 4.31 Å². The minimum absolute atomic E-state index is 0.173. The Morgan fingerprint density at radius 2 is 1.85 bits per heavy atom. The van der Waals surface area contributed by atoms with Crippen LogP contribution >= 0.6 is 12.6 Å². The van der Waals surface area contributed by atoms with Crippen LogP contribution in [0.5, 0.6) is 11.5 Å². The summed E-state index contributed by atoms with van der Waals surface area (Å²) in [6.45, 7) is 2.69. The molecule has 1 aliphatic heterocycles. The first-order chi connectivity index (χ1) is 12.5. The number of ether oxygens (including phenoxy) is 2. The lowest BCUT2D eigenvalue weighted by atomic mass is 10.2. The Labute approximate surface area is 162 Å². The highest BCUT2D eigenvalue weighted by Gasteiger charge is 2.30. The van der Waals surface area contributed by atoms with Crippen molar-refractivity contribution in [1.82, 2.24) is 4.31 Å². The Hall–Kier alpha value is -1.18. The molecule has 0 saturated heterocycles. The van der Waals surface area contributed by atoms with Gasteiger partial charge in [-0.25, -0.2) is 8.42 Å². The average molecular weight is 400 g/mol. The van der Waals surface area contributed by atoms with Crippen LogP contribution in [0.1, 0.15) is 45.4 Å². The van der Waals surface area contributed by atoms with E-state index in [-0.39, 0.29) is 4.90 Å². The maximum Gasteiger partial charge on any atom is 0.247 e. The van der Waals surface area contributed by atoms with Gasteiger partial charge in [0.15, 0.2) is 0 Å². The van der Waals surface area contributed by atoms with Gasteiger partial charge in [0.25, 0.3) is 0 Å². The number of hydrogen-bond donors (Lipinski definition) is 1. The predicted molar refractivity (Wildman–Crippen MR) is 108 cm³/mol. The van der Waals surface area contributed by atoms with Crippen LogP contribution in [0.3, 0.4) is 0 Å². The molecular formula is C19H29NO4S2. The molecule has 1 aromatic carbocycles. The zero-order valence-electron chi connectivity index (χ0n) is 15.6. The van der Waals surface area contributed by atoms with E-state index in [1.807, 2.05) is 0 Å². The summed E-state index contributed by atoms with van der Waals surface area (Å²) in [5.41, 5.74) is 0. The van der Waals surface area contributed by atoms with Crippen molar-refractivity contribution in [3.63, 3.8) is 0 Å². The number of methoxy groups -OCH3 is 1. The highest BCUT2D eigenvalue weighted by Crippen LogP contribution is 2.32. The maximum absolute atomic E-state index is 13.2. The second-order valence-corrected chi connectivity index (χ2v) is 8.98. The third-order valence-corrected chi connectivity index (χ3v) is 6.79. The van der Waals surface area contributed by atoms with Gasteiger partial charge in [-0.15, -0.1) is 0 Å². The van der Waals surface area contributed by atoms with Crippen molar-refractivity contribution >= 4 is 22.7 Å². The monoisotopic (exact) mass is 399 g/mol. The quantitative estimate of drug-likeness (QED) is 0.597. The van der Waals surface area contributed by atoms with Crippen molar-refractivity contribution in [1.29, 1.82) is 0 Å². The highest BCUT2D eigenvalue weighted by atomic mass is 32.2. The van der Waals surface area contributed by atoms with E-state index in [9.17, 15) is 8.42 Å². The molecule has 26 heavy (non-hydrogen) atoms. The van der Waals surface area contributed by atoms with Crippen LogP contribution in [0.4, 0.5) is 0 Å². The lowest BCUT2D eigenvalue weighted by Crippen LogP contribution is -2.36. The molecule has 0 N–H and O–H groups in total. The number of benzene rings is 1. The van der Waals surface area contributed by atoms with Crippen molar-refractivity contribution in [3.05, 3.63) is 30.4 Å². The zero-order valence-corrected chi connectivity index (χ0v) is 17.3. The Bertz CT molecular complexity index is 701. The molecule has 1 aromatic rings. The first-order valence-corrected chi connectivity index (χ1v) is 11.1. The van der Waals surface area contributed by atoms with Gasteiger partial charge in [-0.3, -0.25) is 0 Å². The summed E-state index contributed by atoms with van der Waals surface area (Å²) in [4.78, 5) is 0.173. The normalized spacial score (nSPS) is 22.1. The van der Waals surface area contributed by atoms with Gasteiger partial charge in [0.1, 0.15) is 16.4 Å². The number of fused-ring (bicyclic) bond motifs is 1. The highest BCUT2D eigenvalue weighted by molar-refractivity contribution is 7.90. The molecule has 2 rings (SSSR count). The van der Waals surface area contributed by atoms with Gasteiger partial charge in [-0.1, -0.05) is 12.2 Å². The zero-order chi connectivity index (χ0) is 19.0. The molecule has 0 amide bonds. The molecule has 0 saturated carbocycles. The van der Waals surface area contributed by atoms with Gasteiger partial charge in [0, 0.05) is 12.6 Å². The summed E-state index contributed by atoms with van der Waals surface area (Å²) in [6.07, 6.45) is 10.0. The van der Waals surface area contributed by atoms with E-state index < -0.39 is 15.4 Å². The summed E-state index contributed by atoms with van der Waals surface area (Å²) in [5, 5.41) is -0.416. The summed E-state index contributed by atoms with van der Waals surface area (Å²) in [7, 11) is -2.15. The van der Waals surface area contributed by atoms with Crippen molar-refractivity contribution in [3.8, 4) is 11.5 Å². The van der Waals surface area contributed by atoms with E-state index in [0.717, 1.165) is 38.5 Å². The summed E-state index contributed by atoms with van der Waals surface area (Å²) in [6, 6.07) is 4.86. The summed E-state index contributed by atoms with van der Waals surface area (Å²) in [5.74, 6) is 0.916. The first kappa shape index (κ1) is 21.1. The van der Waals surface area contributed by atoms with Crippen LogP contribution in [0.2, 0.25) is 0 Å². The van der Waals surface area contributed by atoms with E-state index in [1.54, 1.807) is 32.2 Å². The molecule has 5 nitrogen and oxygen atoms in total. The SMILES string of the molecule is COc1ccc2c(c1)OCCCC/C=C\CCCCN(C(C)S)S2(=O)=O. The number of sulfonamides is 1. The van der Waals surface area contributed by atoms with E-state index >= 15 is 0 Å². The van der Waals surface area contributed by atoms with Crippen molar-refractivity contribution in [2.24, 2.45) is 0 Å². The van der Waals surface area contributed by atoms with Crippen LogP contribution in [0.15, 0.2) is 35.2 Å². The summed E-state index contributed by atoms with van der Waals surface area (Å²) >= 11 is 4.40. The minimum atomic E-state index is -3.71. The molecule has 0 aliphatic carbocycles. The fourth-order valence-electron chi connectivity index (χ4n) is 2.89. The number of nitrogens with zero attached hydrogens (tertiary/aromatic N) is 1. The second kappa shape index (κ2) is 10.2. The molecule has 1 heterocycles. The van der Waals surface area contributed by atoms with E-state index in [2.05, 4.69) is 24.8 Å². The van der Waals surface area contributed by atoms with Crippen molar-refractivity contribution < 1.29 is 17.9 Å². The number of rotatable bonds is 2. The largest absolute Gasteiger partial charge is 0.497 e. The van der Waals surface area contributed by atoms with Gasteiger partial charge >= 0.3 is 0 Å². The van der Waals surface area contributed by atoms with E-state index in [4.69, 9.17) is 9.47 Å². The fourth-order valence-corrected chi connectivity index (χ4v) is 5.01. The first-order valence-electron chi connectivity index (χ1n) is 9.12. The number of allylic oxidation sites excluding steroid dienone is 2. The van der Waals surface area contributed by atoms with Gasteiger partial charge in [-0.05, 0) is 57.6 Å². The van der Waals surface area contributed by atoms with Gasteiger partial charge in [0.2, 0.25) is 10.0 Å². The third kappa shape index (κ3) is 5.66. The lowest BCUT2D eigenvalue weighted by Gasteiger charge is -2.26. The predicted octanol–water partition coefficient (Wildman–Crippen LogP) is 4.25. The maximum atomic E-state index is 13.2. The summed E-state index contributed by atoms with van der Waals surface area (Å²) < 4.78 is 39.0. The van der Waals surface area contributed by atoms with Crippen LogP contribution in [-0.2, 0) is 10.0 Å². The van der Waals surface area contributed by atoms with Crippen LogP contribution in [-0.4, -0.2) is 38.4 Å². The molecule has 1 aliphatic rings. The molecule has 1 atom stereocenters. The molecule has 7 heteroatoms. The molecule has 146 valence electrons. The number of thiol groups is 1. The lowest BCUT2D eigenvalue weighted by molar-refractivity contribution is 0.295. The Kier molecular flexibility index (Phi) is 8.31. The van der Waals surface area contributed by atoms with Crippen LogP contribution in [0.25, 0.3) is 0 Å². The molecule has 0 fully saturated rings. The topological polar surface area (TPSA) is 55.8 Å². The van der Waals surface area contributed by atoms with Crippen molar-refractivity contribution in [2.75, 3.05) is 20.3 Å². The Morgan fingerprint density at radius 3 is 2.50 bits per heavy atom. The second-order valence-electron chi connectivity index (χ2n) is 6.37. The number of hydrogen-bond acceptors (Lipinski definition) is 5. The Balaban J connectivity index is 2.38. The van der Waals surface area contributed by atoms with Gasteiger partial charge in [-0.2, -0.15) is 16.9 Å².